The summed E-state index contributed by atoms with van der Waals surface area (Å²) in [6.45, 7) is 12.1. The first-order valence-corrected chi connectivity index (χ1v) is 6.70. The Bertz CT molecular complexity index is 272. The second-order valence-electron chi connectivity index (χ2n) is 5.92. The number of nitrogens with one attached hydrogen (secondary N) is 1. The van der Waals surface area contributed by atoms with Crippen LogP contribution in [0.25, 0.3) is 0 Å². The highest BCUT2D eigenvalue weighted by Crippen LogP contribution is 2.10. The maximum atomic E-state index is 12.0. The van der Waals surface area contributed by atoms with E-state index in [1.165, 1.54) is 0 Å². The van der Waals surface area contributed by atoms with E-state index in [1.807, 2.05) is 41.5 Å². The van der Waals surface area contributed by atoms with Crippen molar-refractivity contribution >= 4 is 11.9 Å². The first kappa shape index (κ1) is 16.9. The fourth-order valence-electron chi connectivity index (χ4n) is 1.56. The van der Waals surface area contributed by atoms with Crippen LogP contribution in [0.3, 0.4) is 0 Å². The third-order valence-electron chi connectivity index (χ3n) is 2.44. The van der Waals surface area contributed by atoms with E-state index in [1.54, 1.807) is 0 Å². The molecule has 0 saturated heterocycles. The topological polar surface area (TPSA) is 55.4 Å². The molecule has 0 aromatic carbocycles. The molecule has 0 rings (SSSR count). The average Bonchev–Trinajstić information content (AvgIpc) is 2.21. The summed E-state index contributed by atoms with van der Waals surface area (Å²) in [6.07, 6.45) is -0.0210. The van der Waals surface area contributed by atoms with Gasteiger partial charge in [0.2, 0.25) is 0 Å². The molecule has 0 heterocycles. The van der Waals surface area contributed by atoms with Gasteiger partial charge in [0.25, 0.3) is 0 Å². The van der Waals surface area contributed by atoms with Crippen LogP contribution in [0.15, 0.2) is 0 Å². The molecule has 0 aliphatic rings. The Morgan fingerprint density at radius 1 is 1.00 bits per heavy atom. The first-order valence-electron chi connectivity index (χ1n) is 6.70. The zero-order valence-electron chi connectivity index (χ0n) is 12.4. The van der Waals surface area contributed by atoms with Crippen LogP contribution in [-0.2, 0) is 9.53 Å². The Morgan fingerprint density at radius 2 is 1.56 bits per heavy atom. The van der Waals surface area contributed by atoms with Gasteiger partial charge in [-0.3, -0.25) is 4.79 Å². The van der Waals surface area contributed by atoms with Crippen molar-refractivity contribution in [2.24, 2.45) is 17.8 Å². The van der Waals surface area contributed by atoms with Gasteiger partial charge >= 0.3 is 6.09 Å². The van der Waals surface area contributed by atoms with E-state index in [0.717, 1.165) is 0 Å². The summed E-state index contributed by atoms with van der Waals surface area (Å²) in [5.41, 5.74) is 0. The largest absolute Gasteiger partial charge is 0.449 e. The lowest BCUT2D eigenvalue weighted by Crippen LogP contribution is -2.45. The molecule has 0 bridgehead atoms. The summed E-state index contributed by atoms with van der Waals surface area (Å²) in [6, 6.07) is -0.452. The van der Waals surface area contributed by atoms with Crippen LogP contribution in [0.1, 0.15) is 48.0 Å². The highest BCUT2D eigenvalue weighted by molar-refractivity contribution is 5.87. The van der Waals surface area contributed by atoms with E-state index < -0.39 is 12.1 Å². The van der Waals surface area contributed by atoms with Crippen molar-refractivity contribution in [3.8, 4) is 0 Å². The predicted molar refractivity (Wildman–Crippen MR) is 72.4 cm³/mol. The van der Waals surface area contributed by atoms with Gasteiger partial charge in [-0.15, -0.1) is 0 Å². The fourth-order valence-corrected chi connectivity index (χ4v) is 1.56. The summed E-state index contributed by atoms with van der Waals surface area (Å²) in [4.78, 5) is 23.6. The van der Waals surface area contributed by atoms with Crippen LogP contribution in [0.2, 0.25) is 0 Å². The number of carbonyl (C=O) groups excluding carboxylic acids is 2. The zero-order chi connectivity index (χ0) is 14.3. The molecule has 0 fully saturated rings. The number of alkyl carbamates (subject to hydrolysis) is 1. The fraction of sp³-hybridized carbons (Fsp3) is 0.857. The lowest BCUT2D eigenvalue weighted by Gasteiger charge is -2.22. The van der Waals surface area contributed by atoms with Crippen molar-refractivity contribution in [2.45, 2.75) is 54.0 Å². The SMILES string of the molecule is CC(C)COC(=O)N[C@H](C(=O)CC(C)C)C(C)C. The molecule has 4 heteroatoms. The Labute approximate surface area is 110 Å². The number of hydrogen-bond donors (Lipinski definition) is 1. The third kappa shape index (κ3) is 7.30. The van der Waals surface area contributed by atoms with Crippen molar-refractivity contribution in [3.05, 3.63) is 0 Å². The summed E-state index contributed by atoms with van der Waals surface area (Å²) < 4.78 is 5.04. The monoisotopic (exact) mass is 257 g/mol. The van der Waals surface area contributed by atoms with Gasteiger partial charge < -0.3 is 10.1 Å². The van der Waals surface area contributed by atoms with Crippen LogP contribution in [0.5, 0.6) is 0 Å². The third-order valence-corrected chi connectivity index (χ3v) is 2.44. The van der Waals surface area contributed by atoms with Gasteiger partial charge in [0.1, 0.15) is 0 Å². The standard InChI is InChI=1S/C14H27NO3/c1-9(2)7-12(16)13(11(5)6)15-14(17)18-8-10(3)4/h9-11,13H,7-8H2,1-6H3,(H,15,17)/t13-/m0/s1. The minimum absolute atomic E-state index is 0.0708. The van der Waals surface area contributed by atoms with Gasteiger partial charge in [-0.1, -0.05) is 41.5 Å². The summed E-state index contributed by atoms with van der Waals surface area (Å²) in [7, 11) is 0. The van der Waals surface area contributed by atoms with Crippen LogP contribution >= 0.6 is 0 Å². The van der Waals surface area contributed by atoms with Crippen molar-refractivity contribution in [1.82, 2.24) is 5.32 Å². The van der Waals surface area contributed by atoms with Crippen LogP contribution < -0.4 is 5.32 Å². The zero-order valence-corrected chi connectivity index (χ0v) is 12.4. The molecule has 0 aliphatic carbocycles. The minimum Gasteiger partial charge on any atom is -0.449 e. The van der Waals surface area contributed by atoms with Gasteiger partial charge in [0, 0.05) is 6.42 Å². The molecule has 1 atom stereocenters. The predicted octanol–water partition coefficient (Wildman–Crippen LogP) is 3.01. The molecule has 0 saturated carbocycles. The molecule has 4 nitrogen and oxygen atoms in total. The molecule has 0 aliphatic heterocycles. The number of ketones is 1. The molecular formula is C14H27NO3. The molecule has 1 amide bonds. The normalized spacial score (nSPS) is 12.9. The number of Topliss-reactive ketones (excluding diaryl/α,β-unsaturated/α-hetero) is 1. The van der Waals surface area contributed by atoms with Crippen LogP contribution in [-0.4, -0.2) is 24.5 Å². The number of hydrogen-bond acceptors (Lipinski definition) is 3. The van der Waals surface area contributed by atoms with Gasteiger partial charge in [-0.25, -0.2) is 4.79 Å². The number of ether oxygens (including phenoxy) is 1. The van der Waals surface area contributed by atoms with Gasteiger partial charge in [-0.2, -0.15) is 0 Å². The lowest BCUT2D eigenvalue weighted by molar-refractivity contribution is -0.122. The number of carbonyl (C=O) groups is 2. The van der Waals surface area contributed by atoms with Crippen molar-refractivity contribution in [1.29, 1.82) is 0 Å². The second kappa shape index (κ2) is 8.11. The van der Waals surface area contributed by atoms with Gasteiger partial charge in [0.05, 0.1) is 12.6 Å². The van der Waals surface area contributed by atoms with Gasteiger partial charge in [-0.05, 0) is 17.8 Å². The van der Waals surface area contributed by atoms with E-state index in [-0.39, 0.29) is 11.7 Å². The highest BCUT2D eigenvalue weighted by atomic mass is 16.5. The highest BCUT2D eigenvalue weighted by Gasteiger charge is 2.25. The maximum Gasteiger partial charge on any atom is 0.407 e. The summed E-state index contributed by atoms with van der Waals surface area (Å²) >= 11 is 0. The molecule has 0 unspecified atom stereocenters. The van der Waals surface area contributed by atoms with E-state index in [4.69, 9.17) is 4.74 Å². The van der Waals surface area contributed by atoms with E-state index in [9.17, 15) is 9.59 Å². The second-order valence-corrected chi connectivity index (χ2v) is 5.92. The Hall–Kier alpha value is -1.06. The first-order chi connectivity index (χ1) is 8.23. The quantitative estimate of drug-likeness (QED) is 0.762. The molecule has 1 N–H and O–H groups in total. The van der Waals surface area contributed by atoms with Gasteiger partial charge in [0.15, 0.2) is 5.78 Å². The molecule has 18 heavy (non-hydrogen) atoms. The summed E-state index contributed by atoms with van der Waals surface area (Å²) in [5.74, 6) is 0.733. The molecular weight excluding hydrogens is 230 g/mol. The van der Waals surface area contributed by atoms with Crippen molar-refractivity contribution in [2.75, 3.05) is 6.61 Å². The maximum absolute atomic E-state index is 12.0. The minimum atomic E-state index is -0.500. The molecule has 0 aromatic heterocycles. The van der Waals surface area contributed by atoms with E-state index >= 15 is 0 Å². The Balaban J connectivity index is 4.35. The lowest BCUT2D eigenvalue weighted by atomic mass is 9.94. The van der Waals surface area contributed by atoms with Crippen molar-refractivity contribution in [3.63, 3.8) is 0 Å². The van der Waals surface area contributed by atoms with Crippen LogP contribution in [0, 0.1) is 17.8 Å². The number of rotatable bonds is 7. The molecule has 0 aromatic rings. The van der Waals surface area contributed by atoms with E-state index in [2.05, 4.69) is 5.32 Å². The molecule has 0 radical (unpaired) electrons. The van der Waals surface area contributed by atoms with E-state index in [0.29, 0.717) is 24.9 Å². The number of amides is 1. The Kier molecular flexibility index (Phi) is 7.64. The summed E-state index contributed by atoms with van der Waals surface area (Å²) in [5, 5.41) is 2.67. The molecule has 106 valence electrons. The van der Waals surface area contributed by atoms with Crippen LogP contribution in [0.4, 0.5) is 4.79 Å². The molecule has 0 spiro atoms. The average molecular weight is 257 g/mol. The Morgan fingerprint density at radius 3 is 1.94 bits per heavy atom. The smallest absolute Gasteiger partial charge is 0.407 e. The van der Waals surface area contributed by atoms with Crippen molar-refractivity contribution < 1.29 is 14.3 Å².